The molecule has 0 aliphatic carbocycles. The van der Waals surface area contributed by atoms with E-state index in [1.807, 2.05) is 10.2 Å². The van der Waals surface area contributed by atoms with E-state index in [0.717, 1.165) is 0 Å². The molecular formula is C10H9F4N4O5P. The van der Waals surface area contributed by atoms with E-state index in [0.29, 0.717) is 0 Å². The topological polar surface area (TPSA) is 145 Å². The molecule has 0 radical (unpaired) electrons. The molecule has 0 unspecified atom stereocenters. The molecule has 0 saturated heterocycles. The summed E-state index contributed by atoms with van der Waals surface area (Å²) in [6.45, 7) is -0.854. The normalized spacial score (nSPS) is 11.1. The molecule has 0 fully saturated rings. The minimum atomic E-state index is -4.70. The van der Waals surface area contributed by atoms with Gasteiger partial charge in [-0.2, -0.15) is 0 Å². The largest absolute Gasteiger partial charge is 0.469 e. The SMILES string of the molecule is [N-]=[N+]=Nc1c(F)c(F)c(C(=O)NCCCOP(=O)(O)O)c(F)c1F. The monoisotopic (exact) mass is 372 g/mol. The number of amides is 1. The van der Waals surface area contributed by atoms with Gasteiger partial charge in [0, 0.05) is 11.5 Å². The summed E-state index contributed by atoms with van der Waals surface area (Å²) in [5, 5.41) is 4.35. The number of rotatable bonds is 7. The predicted octanol–water partition coefficient (Wildman–Crippen LogP) is 2.41. The molecule has 14 heteroatoms. The minimum Gasteiger partial charge on any atom is -0.352 e. The lowest BCUT2D eigenvalue weighted by atomic mass is 10.1. The minimum absolute atomic E-state index is 0.165. The first kappa shape index (κ1) is 19.9. The molecule has 0 aliphatic rings. The molecule has 0 atom stereocenters. The molecule has 0 bridgehead atoms. The maximum Gasteiger partial charge on any atom is 0.469 e. The van der Waals surface area contributed by atoms with Crippen LogP contribution in [-0.4, -0.2) is 28.8 Å². The Morgan fingerprint density at radius 1 is 1.21 bits per heavy atom. The van der Waals surface area contributed by atoms with Crippen LogP contribution in [0.25, 0.3) is 10.4 Å². The number of hydrogen-bond donors (Lipinski definition) is 3. The van der Waals surface area contributed by atoms with E-state index in [9.17, 15) is 26.9 Å². The molecule has 9 nitrogen and oxygen atoms in total. The van der Waals surface area contributed by atoms with Crippen LogP contribution in [0.1, 0.15) is 16.8 Å². The summed E-state index contributed by atoms with van der Waals surface area (Å²) in [4.78, 5) is 30.4. The summed E-state index contributed by atoms with van der Waals surface area (Å²) >= 11 is 0. The summed E-state index contributed by atoms with van der Waals surface area (Å²) in [5.74, 6) is -9.71. The number of halogens is 4. The van der Waals surface area contributed by atoms with Crippen molar-refractivity contribution < 1.29 is 41.2 Å². The summed E-state index contributed by atoms with van der Waals surface area (Å²) in [7, 11) is -4.70. The fourth-order valence-electron chi connectivity index (χ4n) is 1.50. The Bertz CT molecular complexity index is 720. The van der Waals surface area contributed by atoms with E-state index in [1.165, 1.54) is 0 Å². The van der Waals surface area contributed by atoms with Gasteiger partial charge in [0.25, 0.3) is 5.91 Å². The Balaban J connectivity index is 2.89. The van der Waals surface area contributed by atoms with E-state index in [1.54, 1.807) is 0 Å². The fourth-order valence-corrected chi connectivity index (χ4v) is 1.86. The molecule has 1 rings (SSSR count). The van der Waals surface area contributed by atoms with Gasteiger partial charge in [0.1, 0.15) is 11.3 Å². The first-order valence-corrected chi connectivity index (χ1v) is 7.52. The fraction of sp³-hybridized carbons (Fsp3) is 0.300. The summed E-state index contributed by atoms with van der Waals surface area (Å²) in [6, 6.07) is 0. The van der Waals surface area contributed by atoms with Crippen LogP contribution in [0.3, 0.4) is 0 Å². The molecule has 0 heterocycles. The van der Waals surface area contributed by atoms with Crippen LogP contribution in [0.4, 0.5) is 23.2 Å². The zero-order valence-electron chi connectivity index (χ0n) is 11.5. The van der Waals surface area contributed by atoms with Crippen LogP contribution in [-0.2, 0) is 9.09 Å². The highest BCUT2D eigenvalue weighted by molar-refractivity contribution is 7.46. The molecule has 1 aromatic rings. The van der Waals surface area contributed by atoms with Crippen molar-refractivity contribution in [2.75, 3.05) is 13.2 Å². The van der Waals surface area contributed by atoms with Crippen molar-refractivity contribution in [3.63, 3.8) is 0 Å². The molecule has 0 spiro atoms. The van der Waals surface area contributed by atoms with Crippen LogP contribution in [0.15, 0.2) is 5.11 Å². The van der Waals surface area contributed by atoms with E-state index >= 15 is 0 Å². The average molecular weight is 372 g/mol. The Kier molecular flexibility index (Phi) is 6.70. The Hall–Kier alpha value is -2.17. The van der Waals surface area contributed by atoms with Gasteiger partial charge in [-0.1, -0.05) is 5.11 Å². The quantitative estimate of drug-likeness (QED) is 0.128. The Morgan fingerprint density at radius 2 is 1.75 bits per heavy atom. The zero-order chi connectivity index (χ0) is 18.5. The van der Waals surface area contributed by atoms with Crippen LogP contribution in [0.5, 0.6) is 0 Å². The van der Waals surface area contributed by atoms with E-state index in [2.05, 4.69) is 9.64 Å². The molecule has 1 aromatic carbocycles. The summed E-state index contributed by atoms with van der Waals surface area (Å²) < 4.78 is 68.7. The van der Waals surface area contributed by atoms with Gasteiger partial charge in [-0.25, -0.2) is 22.1 Å². The second kappa shape index (κ2) is 8.08. The van der Waals surface area contributed by atoms with Crippen molar-refractivity contribution in [3.05, 3.63) is 39.3 Å². The molecule has 0 aliphatic heterocycles. The molecule has 1 amide bonds. The van der Waals surface area contributed by atoms with Gasteiger partial charge in [-0.15, -0.1) is 0 Å². The molecule has 0 aromatic heterocycles. The molecule has 132 valence electrons. The molecule has 24 heavy (non-hydrogen) atoms. The number of carbonyl (C=O) groups excluding carboxylic acids is 1. The average Bonchev–Trinajstić information content (AvgIpc) is 2.48. The second-order valence-electron chi connectivity index (χ2n) is 4.10. The third-order valence-electron chi connectivity index (χ3n) is 2.48. The standard InChI is InChI=1S/C10H9F4N4O5P/c11-5-4(6(12)8(14)9(7(5)13)17-18-15)10(19)16-2-1-3-23-24(20,21)22/h1-3H2,(H,16,19)(H2,20,21,22). The van der Waals surface area contributed by atoms with Crippen molar-refractivity contribution in [1.82, 2.24) is 5.32 Å². The lowest BCUT2D eigenvalue weighted by Crippen LogP contribution is -2.28. The lowest BCUT2D eigenvalue weighted by molar-refractivity contribution is 0.0940. The summed E-state index contributed by atoms with van der Waals surface area (Å²) in [6.07, 6.45) is -0.165. The lowest BCUT2D eigenvalue weighted by Gasteiger charge is -2.10. The first-order chi connectivity index (χ1) is 11.1. The van der Waals surface area contributed by atoms with Gasteiger partial charge in [0.05, 0.1) is 6.61 Å². The maximum absolute atomic E-state index is 13.7. The van der Waals surface area contributed by atoms with E-state index < -0.39 is 54.9 Å². The third kappa shape index (κ3) is 4.91. The highest BCUT2D eigenvalue weighted by Gasteiger charge is 2.28. The molecular weight excluding hydrogens is 363 g/mol. The maximum atomic E-state index is 13.7. The highest BCUT2D eigenvalue weighted by Crippen LogP contribution is 2.35. The van der Waals surface area contributed by atoms with Crippen LogP contribution in [0, 0.1) is 23.3 Å². The number of azide groups is 1. The number of phosphoric ester groups is 1. The van der Waals surface area contributed by atoms with Crippen molar-refractivity contribution in [1.29, 1.82) is 0 Å². The van der Waals surface area contributed by atoms with Crippen molar-refractivity contribution in [2.45, 2.75) is 6.42 Å². The van der Waals surface area contributed by atoms with E-state index in [4.69, 9.17) is 15.3 Å². The highest BCUT2D eigenvalue weighted by atomic mass is 31.2. The molecule has 0 saturated carbocycles. The Labute approximate surface area is 131 Å². The van der Waals surface area contributed by atoms with Crippen LogP contribution in [0.2, 0.25) is 0 Å². The van der Waals surface area contributed by atoms with Gasteiger partial charge in [0.2, 0.25) is 0 Å². The number of hydrogen-bond acceptors (Lipinski definition) is 4. The van der Waals surface area contributed by atoms with Crippen molar-refractivity contribution >= 4 is 19.4 Å². The number of carbonyl (C=O) groups is 1. The van der Waals surface area contributed by atoms with Gasteiger partial charge in [-0.3, -0.25) is 9.32 Å². The first-order valence-electron chi connectivity index (χ1n) is 5.99. The van der Waals surface area contributed by atoms with Gasteiger partial charge in [0.15, 0.2) is 23.3 Å². The zero-order valence-corrected chi connectivity index (χ0v) is 12.4. The number of nitrogens with zero attached hydrogens (tertiary/aromatic N) is 3. The van der Waals surface area contributed by atoms with Crippen molar-refractivity contribution in [2.24, 2.45) is 5.11 Å². The third-order valence-corrected chi connectivity index (χ3v) is 3.00. The summed E-state index contributed by atoms with van der Waals surface area (Å²) in [5.41, 5.74) is 4.96. The van der Waals surface area contributed by atoms with E-state index in [-0.39, 0.29) is 13.0 Å². The Morgan fingerprint density at radius 3 is 2.21 bits per heavy atom. The van der Waals surface area contributed by atoms with Gasteiger partial charge in [-0.05, 0) is 12.0 Å². The van der Waals surface area contributed by atoms with Crippen LogP contribution >= 0.6 is 7.82 Å². The number of phosphoric acid groups is 1. The molecule has 3 N–H and O–H groups in total. The van der Waals surface area contributed by atoms with Crippen molar-refractivity contribution in [3.8, 4) is 0 Å². The number of nitrogens with one attached hydrogen (secondary N) is 1. The second-order valence-corrected chi connectivity index (χ2v) is 5.34. The van der Waals surface area contributed by atoms with Gasteiger partial charge < -0.3 is 15.1 Å². The van der Waals surface area contributed by atoms with Gasteiger partial charge >= 0.3 is 7.82 Å². The smallest absolute Gasteiger partial charge is 0.352 e. The van der Waals surface area contributed by atoms with Crippen LogP contribution < -0.4 is 5.32 Å². The number of benzene rings is 1. The predicted molar refractivity (Wildman–Crippen MR) is 70.0 cm³/mol.